The Morgan fingerprint density at radius 3 is 2.71 bits per heavy atom. The average molecular weight is 290 g/mol. The molecule has 1 amide bonds. The number of halogens is 1. The summed E-state index contributed by atoms with van der Waals surface area (Å²) in [6.07, 6.45) is 3.56. The molecule has 1 saturated heterocycles. The Labute approximate surface area is 125 Å². The smallest absolute Gasteiger partial charge is 0.236 e. The number of nitrogens with zero attached hydrogens (tertiary/aromatic N) is 1. The highest BCUT2D eigenvalue weighted by Crippen LogP contribution is 2.31. The number of rotatable bonds is 5. The summed E-state index contributed by atoms with van der Waals surface area (Å²) < 4.78 is 13.0. The summed E-state index contributed by atoms with van der Waals surface area (Å²) in [5, 5.41) is 3.27. The van der Waals surface area contributed by atoms with E-state index in [0.29, 0.717) is 12.5 Å². The van der Waals surface area contributed by atoms with E-state index < -0.39 is 0 Å². The quantitative estimate of drug-likeness (QED) is 0.904. The first-order chi connectivity index (χ1) is 10.1. The zero-order chi connectivity index (χ0) is 14.8. The van der Waals surface area contributed by atoms with E-state index in [1.54, 1.807) is 0 Å². The number of hydrogen-bond acceptors (Lipinski definition) is 2. The molecule has 0 aromatic heterocycles. The van der Waals surface area contributed by atoms with Crippen LogP contribution in [0.2, 0.25) is 0 Å². The van der Waals surface area contributed by atoms with Crippen molar-refractivity contribution in [3.05, 3.63) is 35.6 Å². The van der Waals surface area contributed by atoms with Gasteiger partial charge >= 0.3 is 0 Å². The highest BCUT2D eigenvalue weighted by Gasteiger charge is 2.33. The summed E-state index contributed by atoms with van der Waals surface area (Å²) >= 11 is 0. The largest absolute Gasteiger partial charge is 0.338 e. The van der Waals surface area contributed by atoms with Crippen LogP contribution < -0.4 is 5.32 Å². The van der Waals surface area contributed by atoms with Gasteiger partial charge in [0.05, 0.1) is 6.54 Å². The summed E-state index contributed by atoms with van der Waals surface area (Å²) in [5.41, 5.74) is 1.13. The van der Waals surface area contributed by atoms with Crippen molar-refractivity contribution in [3.8, 4) is 0 Å². The summed E-state index contributed by atoms with van der Waals surface area (Å²) in [4.78, 5) is 14.3. The highest BCUT2D eigenvalue weighted by molar-refractivity contribution is 5.79. The SMILES string of the molecule is CC1CC(c2ccc(F)cc2)CN1C(=O)CNCC1CC1. The number of likely N-dealkylation sites (tertiary alicyclic amines) is 1. The molecule has 21 heavy (non-hydrogen) atoms. The van der Waals surface area contributed by atoms with E-state index in [1.807, 2.05) is 17.0 Å². The third kappa shape index (κ3) is 3.62. The lowest BCUT2D eigenvalue weighted by molar-refractivity contribution is -0.130. The lowest BCUT2D eigenvalue weighted by Crippen LogP contribution is -2.40. The van der Waals surface area contributed by atoms with E-state index in [2.05, 4.69) is 12.2 Å². The third-order valence-electron chi connectivity index (χ3n) is 4.64. The van der Waals surface area contributed by atoms with Crippen LogP contribution >= 0.6 is 0 Å². The second-order valence-corrected chi connectivity index (χ2v) is 6.45. The number of benzene rings is 1. The molecule has 2 aliphatic rings. The monoisotopic (exact) mass is 290 g/mol. The van der Waals surface area contributed by atoms with Crippen LogP contribution in [0, 0.1) is 11.7 Å². The Balaban J connectivity index is 1.54. The maximum absolute atomic E-state index is 13.0. The Morgan fingerprint density at radius 2 is 2.05 bits per heavy atom. The van der Waals surface area contributed by atoms with Crippen LogP contribution in [0.4, 0.5) is 4.39 Å². The standard InChI is InChI=1S/C17H23FN2O/c1-12-8-15(14-4-6-16(18)7-5-14)11-20(12)17(21)10-19-9-13-2-3-13/h4-7,12-13,15,19H,2-3,8-11H2,1H3. The van der Waals surface area contributed by atoms with Gasteiger partial charge in [-0.05, 0) is 56.3 Å². The van der Waals surface area contributed by atoms with Crippen LogP contribution in [0.25, 0.3) is 0 Å². The van der Waals surface area contributed by atoms with Crippen LogP contribution in [0.5, 0.6) is 0 Å². The van der Waals surface area contributed by atoms with Gasteiger partial charge < -0.3 is 10.2 Å². The number of nitrogens with one attached hydrogen (secondary N) is 1. The van der Waals surface area contributed by atoms with Gasteiger partial charge in [0.2, 0.25) is 5.91 Å². The van der Waals surface area contributed by atoms with Gasteiger partial charge in [0.15, 0.2) is 0 Å². The molecule has 3 rings (SSSR count). The molecular weight excluding hydrogens is 267 g/mol. The van der Waals surface area contributed by atoms with Crippen molar-refractivity contribution in [2.75, 3.05) is 19.6 Å². The normalized spacial score (nSPS) is 25.3. The Hall–Kier alpha value is -1.42. The molecule has 1 aromatic rings. The van der Waals surface area contributed by atoms with Gasteiger partial charge in [0.25, 0.3) is 0 Å². The number of amides is 1. The number of hydrogen-bond donors (Lipinski definition) is 1. The van der Waals surface area contributed by atoms with Crippen LogP contribution in [0.15, 0.2) is 24.3 Å². The van der Waals surface area contributed by atoms with Crippen molar-refractivity contribution in [1.82, 2.24) is 10.2 Å². The van der Waals surface area contributed by atoms with Crippen molar-refractivity contribution < 1.29 is 9.18 Å². The zero-order valence-corrected chi connectivity index (χ0v) is 12.5. The summed E-state index contributed by atoms with van der Waals surface area (Å²) in [6, 6.07) is 6.94. The van der Waals surface area contributed by atoms with Crippen molar-refractivity contribution in [2.24, 2.45) is 5.92 Å². The average Bonchev–Trinajstić information content (AvgIpc) is 3.20. The fraction of sp³-hybridized carbons (Fsp3) is 0.588. The minimum atomic E-state index is -0.206. The predicted octanol–water partition coefficient (Wildman–Crippen LogP) is 2.53. The van der Waals surface area contributed by atoms with Gasteiger partial charge in [-0.1, -0.05) is 12.1 Å². The molecule has 1 N–H and O–H groups in total. The van der Waals surface area contributed by atoms with Crippen molar-refractivity contribution in [3.63, 3.8) is 0 Å². The fourth-order valence-corrected chi connectivity index (χ4v) is 3.16. The Kier molecular flexibility index (Phi) is 4.24. The lowest BCUT2D eigenvalue weighted by Gasteiger charge is -2.21. The summed E-state index contributed by atoms with van der Waals surface area (Å²) in [7, 11) is 0. The molecule has 2 unspecified atom stereocenters. The molecule has 1 aliphatic carbocycles. The van der Waals surface area contributed by atoms with E-state index in [4.69, 9.17) is 0 Å². The topological polar surface area (TPSA) is 32.3 Å². The van der Waals surface area contributed by atoms with Gasteiger partial charge in [-0.2, -0.15) is 0 Å². The molecule has 2 atom stereocenters. The van der Waals surface area contributed by atoms with Crippen molar-refractivity contribution in [2.45, 2.75) is 38.1 Å². The molecule has 4 heteroatoms. The molecule has 114 valence electrons. The van der Waals surface area contributed by atoms with Crippen molar-refractivity contribution >= 4 is 5.91 Å². The van der Waals surface area contributed by atoms with Crippen LogP contribution in [-0.2, 0) is 4.79 Å². The third-order valence-corrected chi connectivity index (χ3v) is 4.64. The molecule has 0 radical (unpaired) electrons. The maximum Gasteiger partial charge on any atom is 0.236 e. The van der Waals surface area contributed by atoms with Gasteiger partial charge in [-0.3, -0.25) is 4.79 Å². The molecule has 3 nitrogen and oxygen atoms in total. The molecule has 1 aliphatic heterocycles. The summed E-state index contributed by atoms with van der Waals surface area (Å²) in [5.74, 6) is 1.10. The second kappa shape index (κ2) is 6.14. The molecule has 1 aromatic carbocycles. The first-order valence-electron chi connectivity index (χ1n) is 7.89. The van der Waals surface area contributed by atoms with Gasteiger partial charge in [0.1, 0.15) is 5.82 Å². The molecule has 1 saturated carbocycles. The number of carbonyl (C=O) groups excluding carboxylic acids is 1. The lowest BCUT2D eigenvalue weighted by atomic mass is 9.97. The fourth-order valence-electron chi connectivity index (χ4n) is 3.16. The van der Waals surface area contributed by atoms with E-state index in [0.717, 1.165) is 31.0 Å². The molecular formula is C17H23FN2O. The van der Waals surface area contributed by atoms with E-state index in [1.165, 1.54) is 25.0 Å². The summed E-state index contributed by atoms with van der Waals surface area (Å²) in [6.45, 7) is 4.26. The first kappa shape index (κ1) is 14.5. The molecule has 0 bridgehead atoms. The van der Waals surface area contributed by atoms with Crippen LogP contribution in [0.1, 0.15) is 37.7 Å². The number of carbonyl (C=O) groups is 1. The molecule has 0 spiro atoms. The van der Waals surface area contributed by atoms with E-state index >= 15 is 0 Å². The van der Waals surface area contributed by atoms with Crippen LogP contribution in [-0.4, -0.2) is 36.5 Å². The minimum absolute atomic E-state index is 0.188. The minimum Gasteiger partial charge on any atom is -0.338 e. The predicted molar refractivity (Wildman–Crippen MR) is 80.5 cm³/mol. The molecule has 2 fully saturated rings. The van der Waals surface area contributed by atoms with Gasteiger partial charge in [-0.25, -0.2) is 4.39 Å². The van der Waals surface area contributed by atoms with Gasteiger partial charge in [0, 0.05) is 18.5 Å². The van der Waals surface area contributed by atoms with E-state index in [9.17, 15) is 9.18 Å². The molecule has 1 heterocycles. The zero-order valence-electron chi connectivity index (χ0n) is 12.5. The van der Waals surface area contributed by atoms with Crippen molar-refractivity contribution in [1.29, 1.82) is 0 Å². The Bertz CT molecular complexity index is 498. The van der Waals surface area contributed by atoms with E-state index in [-0.39, 0.29) is 17.8 Å². The Morgan fingerprint density at radius 1 is 1.33 bits per heavy atom. The maximum atomic E-state index is 13.0. The van der Waals surface area contributed by atoms with Crippen LogP contribution in [0.3, 0.4) is 0 Å². The second-order valence-electron chi connectivity index (χ2n) is 6.45. The van der Waals surface area contributed by atoms with Gasteiger partial charge in [-0.15, -0.1) is 0 Å². The highest BCUT2D eigenvalue weighted by atomic mass is 19.1. The first-order valence-corrected chi connectivity index (χ1v) is 7.89.